The minimum absolute atomic E-state index is 0.297. The molecule has 16 heavy (non-hydrogen) atoms. The van der Waals surface area contributed by atoms with Crippen molar-refractivity contribution in [2.75, 3.05) is 0 Å². The van der Waals surface area contributed by atoms with Crippen molar-refractivity contribution in [2.45, 2.75) is 0 Å². The Morgan fingerprint density at radius 2 is 1.81 bits per heavy atom. The zero-order valence-corrected chi connectivity index (χ0v) is 11.2. The normalized spacial score (nSPS) is 10.4. The number of carbonyl (C=O) groups excluding carboxylic acids is 1. The van der Waals surface area contributed by atoms with Crippen LogP contribution >= 0.6 is 31.9 Å². The number of rotatable bonds is 2. The van der Waals surface area contributed by atoms with Gasteiger partial charge in [-0.2, -0.15) is 5.10 Å². The molecule has 0 bridgehead atoms. The Kier molecular flexibility index (Phi) is 3.11. The van der Waals surface area contributed by atoms with E-state index in [9.17, 15) is 4.79 Å². The molecule has 2 aromatic rings. The van der Waals surface area contributed by atoms with Crippen LogP contribution in [0.5, 0.6) is 0 Å². The Hall–Kier alpha value is -1.14. The molecule has 6 heteroatoms. The van der Waals surface area contributed by atoms with E-state index in [1.54, 1.807) is 6.07 Å². The summed E-state index contributed by atoms with van der Waals surface area (Å²) in [5, 5.41) is 6.61. The second-order valence-electron chi connectivity index (χ2n) is 3.19. The summed E-state index contributed by atoms with van der Waals surface area (Å²) in [5.41, 5.74) is 7.00. The quantitative estimate of drug-likeness (QED) is 0.879. The molecule has 0 saturated carbocycles. The van der Waals surface area contributed by atoms with Crippen LogP contribution in [0.3, 0.4) is 0 Å². The highest BCUT2D eigenvalue weighted by Gasteiger charge is 2.08. The van der Waals surface area contributed by atoms with Crippen LogP contribution in [0.1, 0.15) is 10.5 Å². The molecule has 1 amide bonds. The molecule has 1 aromatic carbocycles. The third kappa shape index (κ3) is 2.33. The lowest BCUT2D eigenvalue weighted by Crippen LogP contribution is -2.10. The average molecular weight is 345 g/mol. The number of benzene rings is 1. The van der Waals surface area contributed by atoms with Gasteiger partial charge in [-0.1, -0.05) is 31.9 Å². The maximum Gasteiger partial charge on any atom is 0.266 e. The van der Waals surface area contributed by atoms with E-state index in [1.165, 1.54) is 0 Å². The van der Waals surface area contributed by atoms with Gasteiger partial charge < -0.3 is 5.73 Å². The van der Waals surface area contributed by atoms with Crippen molar-refractivity contribution >= 4 is 37.8 Å². The fourth-order valence-corrected chi connectivity index (χ4v) is 2.59. The standard InChI is InChI=1S/C10H7Br2N3O/c11-6-1-5(2-7(12)3-6)8-4-9(10(13)16)15-14-8/h1-4H,(H2,13,16)(H,14,15). The monoisotopic (exact) mass is 343 g/mol. The maximum absolute atomic E-state index is 10.9. The fraction of sp³-hybridized carbons (Fsp3) is 0. The first-order valence-corrected chi connectivity index (χ1v) is 5.96. The molecule has 1 aromatic heterocycles. The second kappa shape index (κ2) is 4.39. The lowest BCUT2D eigenvalue weighted by atomic mass is 10.1. The Bertz CT molecular complexity index is 530. The van der Waals surface area contributed by atoms with Gasteiger partial charge in [0.15, 0.2) is 0 Å². The number of aromatic nitrogens is 2. The van der Waals surface area contributed by atoms with E-state index < -0.39 is 5.91 Å². The number of hydrogen-bond donors (Lipinski definition) is 2. The van der Waals surface area contributed by atoms with Crippen molar-refractivity contribution in [3.05, 3.63) is 38.9 Å². The van der Waals surface area contributed by atoms with Crippen LogP contribution in [0.25, 0.3) is 11.3 Å². The number of H-pyrrole nitrogens is 1. The zero-order valence-electron chi connectivity index (χ0n) is 8.00. The summed E-state index contributed by atoms with van der Waals surface area (Å²) < 4.78 is 1.86. The summed E-state index contributed by atoms with van der Waals surface area (Å²) in [7, 11) is 0. The first kappa shape index (κ1) is 11.3. The highest BCUT2D eigenvalue weighted by molar-refractivity contribution is 9.11. The number of nitrogens with one attached hydrogen (secondary N) is 1. The first-order valence-electron chi connectivity index (χ1n) is 4.38. The molecular weight excluding hydrogens is 338 g/mol. The highest BCUT2D eigenvalue weighted by atomic mass is 79.9. The topological polar surface area (TPSA) is 71.8 Å². The molecular formula is C10H7Br2N3O. The van der Waals surface area contributed by atoms with Crippen LogP contribution in [0.15, 0.2) is 33.2 Å². The largest absolute Gasteiger partial charge is 0.364 e. The fourth-order valence-electron chi connectivity index (χ4n) is 1.30. The third-order valence-electron chi connectivity index (χ3n) is 2.00. The molecule has 4 nitrogen and oxygen atoms in total. The molecule has 0 spiro atoms. The Morgan fingerprint density at radius 1 is 1.19 bits per heavy atom. The molecule has 82 valence electrons. The van der Waals surface area contributed by atoms with E-state index in [0.29, 0.717) is 11.4 Å². The van der Waals surface area contributed by atoms with Crippen molar-refractivity contribution in [1.82, 2.24) is 10.2 Å². The molecule has 0 saturated heterocycles. The molecule has 0 aliphatic heterocycles. The van der Waals surface area contributed by atoms with Gasteiger partial charge >= 0.3 is 0 Å². The van der Waals surface area contributed by atoms with Gasteiger partial charge in [-0.05, 0) is 24.3 Å². The van der Waals surface area contributed by atoms with Gasteiger partial charge in [0, 0.05) is 14.5 Å². The van der Waals surface area contributed by atoms with Crippen molar-refractivity contribution in [1.29, 1.82) is 0 Å². The highest BCUT2D eigenvalue weighted by Crippen LogP contribution is 2.26. The van der Waals surface area contributed by atoms with E-state index in [4.69, 9.17) is 5.73 Å². The summed E-state index contributed by atoms with van der Waals surface area (Å²) in [6.07, 6.45) is 0. The number of hydrogen-bond acceptors (Lipinski definition) is 2. The van der Waals surface area contributed by atoms with Crippen LogP contribution in [-0.4, -0.2) is 16.1 Å². The van der Waals surface area contributed by atoms with E-state index >= 15 is 0 Å². The number of aromatic amines is 1. The van der Waals surface area contributed by atoms with Crippen LogP contribution in [-0.2, 0) is 0 Å². The summed E-state index contributed by atoms with van der Waals surface area (Å²) in [6, 6.07) is 7.36. The minimum Gasteiger partial charge on any atom is -0.364 e. The molecule has 2 rings (SSSR count). The molecule has 0 fully saturated rings. The smallest absolute Gasteiger partial charge is 0.266 e. The number of nitrogens with zero attached hydrogens (tertiary/aromatic N) is 1. The molecule has 0 aliphatic rings. The summed E-state index contributed by atoms with van der Waals surface area (Å²) >= 11 is 6.77. The molecule has 0 radical (unpaired) electrons. The lowest BCUT2D eigenvalue weighted by molar-refractivity contribution is 0.0995. The van der Waals surface area contributed by atoms with E-state index in [0.717, 1.165) is 14.5 Å². The van der Waals surface area contributed by atoms with Crippen molar-refractivity contribution in [2.24, 2.45) is 5.73 Å². The maximum atomic E-state index is 10.9. The number of carbonyl (C=O) groups is 1. The van der Waals surface area contributed by atoms with Crippen molar-refractivity contribution in [3.8, 4) is 11.3 Å². The van der Waals surface area contributed by atoms with Crippen LogP contribution in [0.4, 0.5) is 0 Å². The van der Waals surface area contributed by atoms with Gasteiger partial charge in [0.2, 0.25) is 0 Å². The minimum atomic E-state index is -0.521. The van der Waals surface area contributed by atoms with Gasteiger partial charge in [0.1, 0.15) is 5.69 Å². The SMILES string of the molecule is NC(=O)c1cc(-c2cc(Br)cc(Br)c2)n[nH]1. The summed E-state index contributed by atoms with van der Waals surface area (Å²) in [6.45, 7) is 0. The van der Waals surface area contributed by atoms with Gasteiger partial charge in [-0.3, -0.25) is 9.89 Å². The zero-order chi connectivity index (χ0) is 11.7. The van der Waals surface area contributed by atoms with Crippen molar-refractivity contribution in [3.63, 3.8) is 0 Å². The first-order chi connectivity index (χ1) is 7.56. The second-order valence-corrected chi connectivity index (χ2v) is 5.02. The van der Waals surface area contributed by atoms with Crippen LogP contribution < -0.4 is 5.73 Å². The van der Waals surface area contributed by atoms with E-state index in [1.807, 2.05) is 18.2 Å². The average Bonchev–Trinajstić information content (AvgIpc) is 2.64. The number of halogens is 2. The van der Waals surface area contributed by atoms with Gasteiger partial charge in [-0.15, -0.1) is 0 Å². The Labute approximate surface area is 108 Å². The Balaban J connectivity index is 2.46. The van der Waals surface area contributed by atoms with E-state index in [2.05, 4.69) is 42.1 Å². The number of nitrogens with two attached hydrogens (primary N) is 1. The lowest BCUT2D eigenvalue weighted by Gasteiger charge is -1.98. The van der Waals surface area contributed by atoms with Crippen molar-refractivity contribution < 1.29 is 4.79 Å². The van der Waals surface area contributed by atoms with E-state index in [-0.39, 0.29) is 0 Å². The predicted molar refractivity (Wildman–Crippen MR) is 67.9 cm³/mol. The molecule has 1 heterocycles. The molecule has 0 atom stereocenters. The molecule has 0 unspecified atom stereocenters. The van der Waals surface area contributed by atoms with Crippen LogP contribution in [0.2, 0.25) is 0 Å². The molecule has 0 aliphatic carbocycles. The van der Waals surface area contributed by atoms with Gasteiger partial charge in [-0.25, -0.2) is 0 Å². The predicted octanol–water partition coefficient (Wildman–Crippen LogP) is 2.70. The van der Waals surface area contributed by atoms with Crippen LogP contribution in [0, 0.1) is 0 Å². The Morgan fingerprint density at radius 3 is 2.31 bits per heavy atom. The summed E-state index contributed by atoms with van der Waals surface area (Å²) in [4.78, 5) is 10.9. The van der Waals surface area contributed by atoms with Gasteiger partial charge in [0.05, 0.1) is 5.69 Å². The third-order valence-corrected chi connectivity index (χ3v) is 2.92. The molecule has 3 N–H and O–H groups in total. The number of primary amides is 1. The van der Waals surface area contributed by atoms with Gasteiger partial charge in [0.25, 0.3) is 5.91 Å². The summed E-state index contributed by atoms with van der Waals surface area (Å²) in [5.74, 6) is -0.521. The number of amides is 1.